The molecule has 0 unspecified atom stereocenters. The van der Waals surface area contributed by atoms with Crippen molar-refractivity contribution in [3.05, 3.63) is 48.0 Å². The second-order valence-electron chi connectivity index (χ2n) is 7.21. The molecule has 21 heavy (non-hydrogen) atoms. The van der Waals surface area contributed by atoms with Crippen LogP contribution in [-0.4, -0.2) is 24.6 Å². The van der Waals surface area contributed by atoms with Gasteiger partial charge in [0.05, 0.1) is 11.8 Å². The topological polar surface area (TPSA) is 29.5 Å². The zero-order valence-corrected chi connectivity index (χ0v) is 15.3. The minimum atomic E-state index is -2.11. The SMILES string of the molecule is C/C=C/[C@](C)(O)[Si@@](C)(COCc1ccccc1)C(C)(C)C. The average molecular weight is 307 g/mol. The molecule has 0 heterocycles. The maximum Gasteiger partial charge on any atom is 0.127 e. The van der Waals surface area contributed by atoms with E-state index in [1.54, 1.807) is 0 Å². The summed E-state index contributed by atoms with van der Waals surface area (Å²) < 4.78 is 6.01. The van der Waals surface area contributed by atoms with Crippen molar-refractivity contribution in [2.75, 3.05) is 6.23 Å². The Morgan fingerprint density at radius 2 is 1.71 bits per heavy atom. The summed E-state index contributed by atoms with van der Waals surface area (Å²) in [6.45, 7) is 13.4. The third-order valence-corrected chi connectivity index (χ3v) is 11.3. The molecule has 3 heteroatoms. The van der Waals surface area contributed by atoms with Gasteiger partial charge < -0.3 is 9.84 Å². The number of hydrogen-bond acceptors (Lipinski definition) is 2. The van der Waals surface area contributed by atoms with E-state index in [-0.39, 0.29) is 5.04 Å². The molecule has 0 bridgehead atoms. The molecule has 0 fully saturated rings. The smallest absolute Gasteiger partial charge is 0.127 e. The molecular formula is C18H30O2Si. The summed E-state index contributed by atoms with van der Waals surface area (Å²) >= 11 is 0. The number of ether oxygens (including phenoxy) is 1. The lowest BCUT2D eigenvalue weighted by molar-refractivity contribution is 0.129. The Morgan fingerprint density at radius 3 is 2.19 bits per heavy atom. The van der Waals surface area contributed by atoms with Crippen LogP contribution in [0.15, 0.2) is 42.5 Å². The first kappa shape index (κ1) is 18.1. The van der Waals surface area contributed by atoms with E-state index < -0.39 is 13.3 Å². The van der Waals surface area contributed by atoms with Crippen LogP contribution < -0.4 is 0 Å². The standard InChI is InChI=1S/C18H30O2Si/c1-7-13-18(5,19)21(6,17(2,3)4)15-20-14-16-11-9-8-10-12-16/h7-13,19H,14-15H2,1-6H3/b13-7+/t18-,21+/m1/s1. The van der Waals surface area contributed by atoms with Gasteiger partial charge in [0, 0.05) is 6.23 Å². The molecular weight excluding hydrogens is 276 g/mol. The van der Waals surface area contributed by atoms with Crippen molar-refractivity contribution in [2.24, 2.45) is 0 Å². The lowest BCUT2D eigenvalue weighted by atomic mass is 10.2. The number of rotatable bonds is 6. The first-order valence-corrected chi connectivity index (χ1v) is 10.3. The second kappa shape index (κ2) is 6.90. The van der Waals surface area contributed by atoms with Gasteiger partial charge in [0.2, 0.25) is 0 Å². The van der Waals surface area contributed by atoms with E-state index in [0.29, 0.717) is 12.8 Å². The molecule has 0 saturated heterocycles. The highest BCUT2D eigenvalue weighted by Gasteiger charge is 2.52. The van der Waals surface area contributed by atoms with Gasteiger partial charge in [-0.15, -0.1) is 0 Å². The highest BCUT2D eigenvalue weighted by Crippen LogP contribution is 2.43. The fourth-order valence-electron chi connectivity index (χ4n) is 2.58. The molecule has 0 aliphatic rings. The summed E-state index contributed by atoms with van der Waals surface area (Å²) in [7, 11) is -2.11. The molecule has 0 aliphatic heterocycles. The van der Waals surface area contributed by atoms with E-state index >= 15 is 0 Å². The predicted molar refractivity (Wildman–Crippen MR) is 92.9 cm³/mol. The Kier molecular flexibility index (Phi) is 5.97. The van der Waals surface area contributed by atoms with Gasteiger partial charge in [0.15, 0.2) is 0 Å². The number of hydrogen-bond donors (Lipinski definition) is 1. The van der Waals surface area contributed by atoms with Crippen LogP contribution in [0.4, 0.5) is 0 Å². The van der Waals surface area contributed by atoms with Crippen LogP contribution in [0.2, 0.25) is 11.6 Å². The van der Waals surface area contributed by atoms with E-state index in [0.717, 1.165) is 0 Å². The third-order valence-electron chi connectivity index (χ3n) is 4.77. The van der Waals surface area contributed by atoms with Crippen LogP contribution in [0.3, 0.4) is 0 Å². The zero-order chi connectivity index (χ0) is 16.1. The Morgan fingerprint density at radius 1 is 1.14 bits per heavy atom. The average Bonchev–Trinajstić information content (AvgIpc) is 2.38. The predicted octanol–water partition coefficient (Wildman–Crippen LogP) is 4.49. The fourth-order valence-corrected chi connectivity index (χ4v) is 5.87. The van der Waals surface area contributed by atoms with E-state index in [1.165, 1.54) is 5.56 Å². The highest BCUT2D eigenvalue weighted by molar-refractivity contribution is 6.84. The number of allylic oxidation sites excluding steroid dienone is 1. The molecule has 0 aliphatic carbocycles. The lowest BCUT2D eigenvalue weighted by Crippen LogP contribution is -2.62. The summed E-state index contributed by atoms with van der Waals surface area (Å²) in [6, 6.07) is 10.2. The largest absolute Gasteiger partial charge is 0.390 e. The monoisotopic (exact) mass is 306 g/mol. The molecule has 1 aromatic rings. The van der Waals surface area contributed by atoms with Crippen LogP contribution >= 0.6 is 0 Å². The van der Waals surface area contributed by atoms with E-state index in [1.807, 2.05) is 44.2 Å². The normalized spacial score (nSPS) is 18.4. The van der Waals surface area contributed by atoms with Crippen molar-refractivity contribution >= 4 is 8.07 Å². The van der Waals surface area contributed by atoms with Gasteiger partial charge in [0.25, 0.3) is 0 Å². The van der Waals surface area contributed by atoms with E-state index in [4.69, 9.17) is 4.74 Å². The fraction of sp³-hybridized carbons (Fsp3) is 0.556. The Hall–Kier alpha value is -0.903. The Bertz CT molecular complexity index is 460. The third kappa shape index (κ3) is 4.28. The van der Waals surface area contributed by atoms with Crippen LogP contribution in [-0.2, 0) is 11.3 Å². The first-order chi connectivity index (χ1) is 9.64. The van der Waals surface area contributed by atoms with Gasteiger partial charge in [0.1, 0.15) is 8.07 Å². The van der Waals surface area contributed by atoms with Gasteiger partial charge in [-0.2, -0.15) is 0 Å². The molecule has 1 rings (SSSR count). The van der Waals surface area contributed by atoms with Crippen molar-refractivity contribution in [3.63, 3.8) is 0 Å². The maximum atomic E-state index is 11.0. The first-order valence-electron chi connectivity index (χ1n) is 7.62. The van der Waals surface area contributed by atoms with Crippen molar-refractivity contribution in [3.8, 4) is 0 Å². The molecule has 1 aromatic carbocycles. The molecule has 0 spiro atoms. The van der Waals surface area contributed by atoms with Gasteiger partial charge in [-0.05, 0) is 24.4 Å². The quantitative estimate of drug-likeness (QED) is 0.620. The van der Waals surface area contributed by atoms with Gasteiger partial charge in [-0.25, -0.2) is 0 Å². The van der Waals surface area contributed by atoms with Gasteiger partial charge >= 0.3 is 0 Å². The van der Waals surface area contributed by atoms with Crippen LogP contribution in [0, 0.1) is 0 Å². The Balaban J connectivity index is 2.85. The van der Waals surface area contributed by atoms with Gasteiger partial charge in [-0.3, -0.25) is 0 Å². The second-order valence-corrected chi connectivity index (χ2v) is 12.7. The van der Waals surface area contributed by atoms with Crippen LogP contribution in [0.5, 0.6) is 0 Å². The van der Waals surface area contributed by atoms with Crippen molar-refractivity contribution in [1.29, 1.82) is 0 Å². The summed E-state index contributed by atoms with van der Waals surface area (Å²) in [4.78, 5) is 0. The van der Waals surface area contributed by atoms with Crippen LogP contribution in [0.25, 0.3) is 0 Å². The molecule has 2 atom stereocenters. The van der Waals surface area contributed by atoms with Gasteiger partial charge in [-0.1, -0.05) is 69.8 Å². The summed E-state index contributed by atoms with van der Waals surface area (Å²) in [5.74, 6) is 0. The maximum absolute atomic E-state index is 11.0. The molecule has 0 radical (unpaired) electrons. The minimum Gasteiger partial charge on any atom is -0.390 e. The molecule has 1 N–H and O–H groups in total. The highest BCUT2D eigenvalue weighted by atomic mass is 28.3. The summed E-state index contributed by atoms with van der Waals surface area (Å²) in [5, 5.41) is 10.2. The Labute approximate surface area is 130 Å². The lowest BCUT2D eigenvalue weighted by Gasteiger charge is -2.48. The summed E-state index contributed by atoms with van der Waals surface area (Å²) in [6.07, 6.45) is 4.51. The van der Waals surface area contributed by atoms with E-state index in [9.17, 15) is 5.11 Å². The molecule has 0 amide bonds. The number of benzene rings is 1. The van der Waals surface area contributed by atoms with Crippen molar-refractivity contribution in [2.45, 2.75) is 58.0 Å². The molecule has 118 valence electrons. The zero-order valence-electron chi connectivity index (χ0n) is 14.3. The molecule has 2 nitrogen and oxygen atoms in total. The number of aliphatic hydroxyl groups is 1. The minimum absolute atomic E-state index is 0.0483. The summed E-state index contributed by atoms with van der Waals surface area (Å²) in [5.41, 5.74) is 1.17. The van der Waals surface area contributed by atoms with Crippen molar-refractivity contribution in [1.82, 2.24) is 0 Å². The van der Waals surface area contributed by atoms with Crippen LogP contribution in [0.1, 0.15) is 40.2 Å². The molecule has 0 aromatic heterocycles. The molecule has 0 saturated carbocycles. The van der Waals surface area contributed by atoms with E-state index in [2.05, 4.69) is 39.5 Å². The van der Waals surface area contributed by atoms with Crippen molar-refractivity contribution < 1.29 is 9.84 Å².